The lowest BCUT2D eigenvalue weighted by Gasteiger charge is -2.27. The monoisotopic (exact) mass is 194 g/mol. The SMILES string of the molecule is CC(Br)C(O)C(C)(C)C. The molecule has 0 aromatic rings. The maximum Gasteiger partial charge on any atom is 0.0710 e. The van der Waals surface area contributed by atoms with Crippen molar-refractivity contribution in [2.75, 3.05) is 0 Å². The normalized spacial score (nSPS) is 19.3. The van der Waals surface area contributed by atoms with Crippen molar-refractivity contribution in [3.63, 3.8) is 0 Å². The van der Waals surface area contributed by atoms with Gasteiger partial charge >= 0.3 is 0 Å². The molecule has 0 saturated carbocycles. The Morgan fingerprint density at radius 2 is 1.67 bits per heavy atom. The van der Waals surface area contributed by atoms with Crippen molar-refractivity contribution in [3.05, 3.63) is 0 Å². The van der Waals surface area contributed by atoms with Gasteiger partial charge in [0.2, 0.25) is 0 Å². The quantitative estimate of drug-likeness (QED) is 0.635. The van der Waals surface area contributed by atoms with Gasteiger partial charge in [0, 0.05) is 4.83 Å². The Morgan fingerprint density at radius 3 is 1.67 bits per heavy atom. The highest BCUT2D eigenvalue weighted by atomic mass is 79.9. The third kappa shape index (κ3) is 3.21. The van der Waals surface area contributed by atoms with Crippen molar-refractivity contribution in [2.45, 2.75) is 38.6 Å². The predicted molar refractivity (Wildman–Crippen MR) is 43.9 cm³/mol. The topological polar surface area (TPSA) is 20.2 Å². The Labute approximate surface area is 65.6 Å². The molecule has 0 spiro atoms. The van der Waals surface area contributed by atoms with Crippen LogP contribution in [-0.2, 0) is 0 Å². The van der Waals surface area contributed by atoms with Crippen LogP contribution in [0.3, 0.4) is 0 Å². The third-order valence-corrected chi connectivity index (χ3v) is 1.82. The zero-order valence-corrected chi connectivity index (χ0v) is 8.07. The van der Waals surface area contributed by atoms with Gasteiger partial charge in [0.25, 0.3) is 0 Å². The van der Waals surface area contributed by atoms with Gasteiger partial charge < -0.3 is 5.11 Å². The molecule has 0 amide bonds. The van der Waals surface area contributed by atoms with Crippen LogP contribution in [-0.4, -0.2) is 16.0 Å². The van der Waals surface area contributed by atoms with Crippen LogP contribution in [0.2, 0.25) is 0 Å². The first kappa shape index (κ1) is 9.44. The van der Waals surface area contributed by atoms with Crippen LogP contribution in [0.1, 0.15) is 27.7 Å². The van der Waals surface area contributed by atoms with E-state index in [0.717, 1.165) is 0 Å². The molecule has 0 aromatic heterocycles. The smallest absolute Gasteiger partial charge is 0.0710 e. The minimum absolute atomic E-state index is 0.0110. The van der Waals surface area contributed by atoms with Crippen LogP contribution >= 0.6 is 15.9 Å². The third-order valence-electron chi connectivity index (χ3n) is 1.32. The second-order valence-electron chi connectivity index (χ2n) is 3.49. The van der Waals surface area contributed by atoms with Crippen LogP contribution in [0.5, 0.6) is 0 Å². The van der Waals surface area contributed by atoms with Crippen molar-refractivity contribution in [2.24, 2.45) is 5.41 Å². The number of hydrogen-bond acceptors (Lipinski definition) is 1. The molecule has 9 heavy (non-hydrogen) atoms. The maximum absolute atomic E-state index is 9.42. The zero-order chi connectivity index (χ0) is 7.65. The molecule has 0 fully saturated rings. The van der Waals surface area contributed by atoms with E-state index >= 15 is 0 Å². The molecule has 0 aliphatic heterocycles. The standard InChI is InChI=1S/C7H15BrO/c1-5(8)6(9)7(2,3)4/h5-6,9H,1-4H3. The van der Waals surface area contributed by atoms with E-state index in [1.54, 1.807) is 0 Å². The van der Waals surface area contributed by atoms with E-state index in [4.69, 9.17) is 0 Å². The van der Waals surface area contributed by atoms with Crippen molar-refractivity contribution < 1.29 is 5.11 Å². The first-order chi connectivity index (χ1) is 3.85. The molecule has 1 nitrogen and oxygen atoms in total. The van der Waals surface area contributed by atoms with Gasteiger partial charge in [-0.2, -0.15) is 0 Å². The fraction of sp³-hybridized carbons (Fsp3) is 1.00. The molecule has 0 rings (SSSR count). The summed E-state index contributed by atoms with van der Waals surface area (Å²) >= 11 is 3.33. The molecule has 0 aliphatic rings. The summed E-state index contributed by atoms with van der Waals surface area (Å²) in [4.78, 5) is 0.178. The molecule has 0 aromatic carbocycles. The van der Waals surface area contributed by atoms with E-state index in [-0.39, 0.29) is 16.3 Å². The van der Waals surface area contributed by atoms with Crippen LogP contribution in [0.25, 0.3) is 0 Å². The van der Waals surface area contributed by atoms with Gasteiger partial charge in [-0.3, -0.25) is 0 Å². The average molecular weight is 195 g/mol. The number of halogens is 1. The Kier molecular flexibility index (Phi) is 3.17. The molecular weight excluding hydrogens is 180 g/mol. The summed E-state index contributed by atoms with van der Waals surface area (Å²) in [6, 6.07) is 0. The lowest BCUT2D eigenvalue weighted by Crippen LogP contribution is -2.32. The van der Waals surface area contributed by atoms with Gasteiger partial charge in [0.1, 0.15) is 0 Å². The molecule has 0 radical (unpaired) electrons. The Balaban J connectivity index is 3.88. The van der Waals surface area contributed by atoms with Gasteiger partial charge in [-0.05, 0) is 5.41 Å². The molecule has 2 unspecified atom stereocenters. The lowest BCUT2D eigenvalue weighted by atomic mass is 9.88. The van der Waals surface area contributed by atoms with Crippen LogP contribution < -0.4 is 0 Å². The molecule has 1 N–H and O–H groups in total. The number of rotatable bonds is 1. The minimum Gasteiger partial charge on any atom is -0.391 e. The number of aliphatic hydroxyl groups excluding tert-OH is 1. The summed E-state index contributed by atoms with van der Waals surface area (Å²) in [6.07, 6.45) is -0.266. The predicted octanol–water partition coefficient (Wildman–Crippen LogP) is 2.18. The number of hydrogen-bond donors (Lipinski definition) is 1. The summed E-state index contributed by atoms with van der Waals surface area (Å²) < 4.78 is 0. The van der Waals surface area contributed by atoms with Crippen molar-refractivity contribution in [1.29, 1.82) is 0 Å². The Morgan fingerprint density at radius 1 is 1.33 bits per heavy atom. The highest BCUT2D eigenvalue weighted by Crippen LogP contribution is 2.24. The second-order valence-corrected chi connectivity index (χ2v) is 4.93. The van der Waals surface area contributed by atoms with Crippen LogP contribution in [0.4, 0.5) is 0 Å². The van der Waals surface area contributed by atoms with Gasteiger partial charge in [-0.1, -0.05) is 43.6 Å². The zero-order valence-electron chi connectivity index (χ0n) is 6.48. The summed E-state index contributed by atoms with van der Waals surface area (Å²) in [5.74, 6) is 0. The molecule has 2 heteroatoms. The average Bonchev–Trinajstić information content (AvgIpc) is 1.62. The molecule has 0 bridgehead atoms. The van der Waals surface area contributed by atoms with Crippen LogP contribution in [0, 0.1) is 5.41 Å². The number of alkyl halides is 1. The van der Waals surface area contributed by atoms with E-state index in [1.807, 2.05) is 27.7 Å². The molecule has 0 saturated heterocycles. The molecule has 56 valence electrons. The van der Waals surface area contributed by atoms with Crippen molar-refractivity contribution in [1.82, 2.24) is 0 Å². The van der Waals surface area contributed by atoms with Gasteiger partial charge in [0.15, 0.2) is 0 Å². The molecule has 0 heterocycles. The summed E-state index contributed by atoms with van der Waals surface area (Å²) in [7, 11) is 0. The van der Waals surface area contributed by atoms with Crippen molar-refractivity contribution in [3.8, 4) is 0 Å². The molecular formula is C7H15BrO. The summed E-state index contributed by atoms with van der Waals surface area (Å²) in [6.45, 7) is 8.02. The van der Waals surface area contributed by atoms with Gasteiger partial charge in [0.05, 0.1) is 6.10 Å². The van der Waals surface area contributed by atoms with Crippen LogP contribution in [0.15, 0.2) is 0 Å². The van der Waals surface area contributed by atoms with Gasteiger partial charge in [-0.15, -0.1) is 0 Å². The fourth-order valence-electron chi connectivity index (χ4n) is 0.689. The van der Waals surface area contributed by atoms with E-state index in [9.17, 15) is 5.11 Å². The Hall–Kier alpha value is 0.440. The largest absolute Gasteiger partial charge is 0.391 e. The molecule has 0 aliphatic carbocycles. The fourth-order valence-corrected chi connectivity index (χ4v) is 1.48. The lowest BCUT2D eigenvalue weighted by molar-refractivity contribution is 0.0664. The number of aliphatic hydroxyl groups is 1. The maximum atomic E-state index is 9.42. The summed E-state index contributed by atoms with van der Waals surface area (Å²) in [5.41, 5.74) is -0.0110. The van der Waals surface area contributed by atoms with E-state index in [2.05, 4.69) is 15.9 Å². The Bertz CT molecular complexity index is 83.4. The van der Waals surface area contributed by atoms with E-state index < -0.39 is 0 Å². The minimum atomic E-state index is -0.266. The second kappa shape index (κ2) is 3.02. The summed E-state index contributed by atoms with van der Waals surface area (Å²) in [5, 5.41) is 9.42. The van der Waals surface area contributed by atoms with Crippen molar-refractivity contribution >= 4 is 15.9 Å². The highest BCUT2D eigenvalue weighted by molar-refractivity contribution is 9.09. The van der Waals surface area contributed by atoms with Gasteiger partial charge in [-0.25, -0.2) is 0 Å². The molecule has 2 atom stereocenters. The van der Waals surface area contributed by atoms with E-state index in [1.165, 1.54) is 0 Å². The first-order valence-corrected chi connectivity index (χ1v) is 4.09. The first-order valence-electron chi connectivity index (χ1n) is 3.18. The van der Waals surface area contributed by atoms with E-state index in [0.29, 0.717) is 0 Å². The highest BCUT2D eigenvalue weighted by Gasteiger charge is 2.25.